The number of rotatable bonds is 4. The fourth-order valence-corrected chi connectivity index (χ4v) is 2.09. The predicted molar refractivity (Wildman–Crippen MR) is 92.1 cm³/mol. The molecule has 120 valence electrons. The van der Waals surface area contributed by atoms with Gasteiger partial charge in [0.1, 0.15) is 5.82 Å². The Kier molecular flexibility index (Phi) is 6.19. The van der Waals surface area contributed by atoms with Crippen LogP contribution in [-0.2, 0) is 11.2 Å². The van der Waals surface area contributed by atoms with Gasteiger partial charge in [0.25, 0.3) is 0 Å². The molecule has 0 atom stereocenters. The van der Waals surface area contributed by atoms with E-state index in [1.54, 1.807) is 12.3 Å². The van der Waals surface area contributed by atoms with E-state index in [9.17, 15) is 0 Å². The van der Waals surface area contributed by atoms with Gasteiger partial charge >= 0.3 is 0 Å². The van der Waals surface area contributed by atoms with Gasteiger partial charge in [-0.3, -0.25) is 10.1 Å². The largest absolute Gasteiger partial charge is 0.461 e. The number of H-pyrrole nitrogens is 1. The molecule has 8 nitrogen and oxygen atoms in total. The minimum Gasteiger partial charge on any atom is -0.461 e. The van der Waals surface area contributed by atoms with Gasteiger partial charge in [-0.05, 0) is 12.1 Å². The molecule has 2 aromatic rings. The van der Waals surface area contributed by atoms with Crippen molar-refractivity contribution in [3.05, 3.63) is 24.2 Å². The summed E-state index contributed by atoms with van der Waals surface area (Å²) in [6.07, 6.45) is 2.25. The Labute approximate surface area is 145 Å². The number of morpholine rings is 1. The first-order chi connectivity index (χ1) is 10.3. The fourth-order valence-electron chi connectivity index (χ4n) is 2.09. The maximum absolute atomic E-state index is 5.95. The lowest BCUT2D eigenvalue weighted by atomic mass is 10.4. The Morgan fingerprint density at radius 2 is 2.23 bits per heavy atom. The van der Waals surface area contributed by atoms with Crippen molar-refractivity contribution in [2.45, 2.75) is 6.42 Å². The summed E-state index contributed by atoms with van der Waals surface area (Å²) in [5, 5.41) is 6.99. The number of hydrogen-bond donors (Lipinski definition) is 2. The maximum Gasteiger partial charge on any atom is 0.216 e. The van der Waals surface area contributed by atoms with Crippen LogP contribution in [0.25, 0.3) is 11.6 Å². The molecule has 1 aliphatic rings. The number of aliphatic imine (C=N–C) groups is 1. The van der Waals surface area contributed by atoms with Crippen molar-refractivity contribution in [2.75, 3.05) is 32.8 Å². The Balaban J connectivity index is 0.00000176. The van der Waals surface area contributed by atoms with Gasteiger partial charge in [-0.1, -0.05) is 0 Å². The average molecular weight is 418 g/mol. The first kappa shape index (κ1) is 16.7. The van der Waals surface area contributed by atoms with E-state index in [0.717, 1.165) is 18.9 Å². The van der Waals surface area contributed by atoms with Crippen molar-refractivity contribution in [3.8, 4) is 11.6 Å². The second-order valence-corrected chi connectivity index (χ2v) is 4.67. The summed E-state index contributed by atoms with van der Waals surface area (Å²) in [6.45, 7) is 3.55. The van der Waals surface area contributed by atoms with Gasteiger partial charge in [0.15, 0.2) is 11.7 Å². The summed E-state index contributed by atoms with van der Waals surface area (Å²) in [7, 11) is 0. The van der Waals surface area contributed by atoms with Crippen molar-refractivity contribution in [1.29, 1.82) is 0 Å². The molecular weight excluding hydrogens is 399 g/mol. The number of hydrogen-bond acceptors (Lipinski definition) is 5. The Morgan fingerprint density at radius 1 is 1.41 bits per heavy atom. The summed E-state index contributed by atoms with van der Waals surface area (Å²) in [4.78, 5) is 10.8. The minimum absolute atomic E-state index is 0. The predicted octanol–water partition coefficient (Wildman–Crippen LogP) is 0.872. The van der Waals surface area contributed by atoms with Crippen LogP contribution in [0.4, 0.5) is 0 Å². The van der Waals surface area contributed by atoms with E-state index in [1.807, 2.05) is 11.0 Å². The molecule has 9 heteroatoms. The molecule has 0 amide bonds. The summed E-state index contributed by atoms with van der Waals surface area (Å²) >= 11 is 0. The SMILES string of the molecule is I.NC(=NCCc1nc(-c2ccco2)n[nH]1)N1CCOCC1. The Hall–Kier alpha value is -1.62. The normalized spacial score (nSPS) is 15.6. The molecule has 0 bridgehead atoms. The number of guanidine groups is 1. The van der Waals surface area contributed by atoms with Crippen LogP contribution in [-0.4, -0.2) is 58.9 Å². The molecule has 0 aliphatic carbocycles. The lowest BCUT2D eigenvalue weighted by Crippen LogP contribution is -2.44. The molecule has 2 aromatic heterocycles. The summed E-state index contributed by atoms with van der Waals surface area (Å²) < 4.78 is 10.5. The second-order valence-electron chi connectivity index (χ2n) is 4.67. The fraction of sp³-hybridized carbons (Fsp3) is 0.462. The molecule has 0 spiro atoms. The molecule has 0 radical (unpaired) electrons. The molecule has 1 fully saturated rings. The van der Waals surface area contributed by atoms with Gasteiger partial charge in [-0.25, -0.2) is 4.98 Å². The van der Waals surface area contributed by atoms with Gasteiger partial charge < -0.3 is 19.8 Å². The van der Waals surface area contributed by atoms with Gasteiger partial charge in [0, 0.05) is 26.1 Å². The highest BCUT2D eigenvalue weighted by atomic mass is 127. The zero-order valence-electron chi connectivity index (χ0n) is 12.1. The van der Waals surface area contributed by atoms with Crippen LogP contribution in [0.2, 0.25) is 0 Å². The van der Waals surface area contributed by atoms with Crippen molar-refractivity contribution < 1.29 is 9.15 Å². The van der Waals surface area contributed by atoms with E-state index in [4.69, 9.17) is 14.9 Å². The van der Waals surface area contributed by atoms with Crippen molar-refractivity contribution in [1.82, 2.24) is 20.1 Å². The number of halogens is 1. The van der Waals surface area contributed by atoms with Crippen LogP contribution in [0.15, 0.2) is 27.8 Å². The van der Waals surface area contributed by atoms with Crippen molar-refractivity contribution in [2.24, 2.45) is 10.7 Å². The van der Waals surface area contributed by atoms with Crippen LogP contribution in [0.1, 0.15) is 5.82 Å². The van der Waals surface area contributed by atoms with E-state index in [1.165, 1.54) is 0 Å². The van der Waals surface area contributed by atoms with E-state index in [2.05, 4.69) is 20.2 Å². The van der Waals surface area contributed by atoms with E-state index in [-0.39, 0.29) is 24.0 Å². The van der Waals surface area contributed by atoms with Crippen LogP contribution >= 0.6 is 24.0 Å². The number of ether oxygens (including phenoxy) is 1. The van der Waals surface area contributed by atoms with E-state index in [0.29, 0.717) is 43.7 Å². The van der Waals surface area contributed by atoms with Crippen LogP contribution in [0.3, 0.4) is 0 Å². The molecule has 3 heterocycles. The first-order valence-corrected chi connectivity index (χ1v) is 6.91. The molecule has 3 N–H and O–H groups in total. The summed E-state index contributed by atoms with van der Waals surface area (Å²) in [5.74, 6) is 2.53. The van der Waals surface area contributed by atoms with E-state index >= 15 is 0 Å². The van der Waals surface area contributed by atoms with E-state index < -0.39 is 0 Å². The monoisotopic (exact) mass is 418 g/mol. The van der Waals surface area contributed by atoms with Crippen LogP contribution in [0, 0.1) is 0 Å². The zero-order chi connectivity index (χ0) is 14.5. The number of nitrogens with zero attached hydrogens (tertiary/aromatic N) is 4. The molecule has 0 saturated carbocycles. The Morgan fingerprint density at radius 3 is 2.95 bits per heavy atom. The lowest BCUT2D eigenvalue weighted by Gasteiger charge is -2.27. The second kappa shape index (κ2) is 8.13. The van der Waals surface area contributed by atoms with Gasteiger partial charge in [-0.15, -0.1) is 24.0 Å². The molecular formula is C13H19IN6O2. The third kappa shape index (κ3) is 4.19. The van der Waals surface area contributed by atoms with Crippen molar-refractivity contribution >= 4 is 29.9 Å². The highest BCUT2D eigenvalue weighted by Crippen LogP contribution is 2.14. The minimum atomic E-state index is 0. The smallest absolute Gasteiger partial charge is 0.216 e. The molecule has 22 heavy (non-hydrogen) atoms. The highest BCUT2D eigenvalue weighted by Gasteiger charge is 2.12. The molecule has 0 unspecified atom stereocenters. The third-order valence-electron chi connectivity index (χ3n) is 3.23. The van der Waals surface area contributed by atoms with Gasteiger partial charge in [-0.2, -0.15) is 5.10 Å². The number of nitrogens with one attached hydrogen (secondary N) is 1. The maximum atomic E-state index is 5.95. The van der Waals surface area contributed by atoms with Crippen molar-refractivity contribution in [3.63, 3.8) is 0 Å². The molecule has 3 rings (SSSR count). The van der Waals surface area contributed by atoms with Crippen LogP contribution in [0.5, 0.6) is 0 Å². The standard InChI is InChI=1S/C13H18N6O2.HI/c14-13(19-5-8-20-9-6-19)15-4-3-11-16-12(18-17-11)10-2-1-7-21-10;/h1-2,7H,3-6,8-9H2,(H2,14,15)(H,16,17,18);1H. The molecule has 0 aromatic carbocycles. The number of furan rings is 1. The van der Waals surface area contributed by atoms with Crippen LogP contribution < -0.4 is 5.73 Å². The van der Waals surface area contributed by atoms with Gasteiger partial charge in [0.2, 0.25) is 5.82 Å². The van der Waals surface area contributed by atoms with Gasteiger partial charge in [0.05, 0.1) is 19.5 Å². The first-order valence-electron chi connectivity index (χ1n) is 6.91. The number of aromatic amines is 1. The molecule has 1 saturated heterocycles. The third-order valence-corrected chi connectivity index (χ3v) is 3.23. The highest BCUT2D eigenvalue weighted by molar-refractivity contribution is 14.0. The summed E-state index contributed by atoms with van der Waals surface area (Å²) in [5.41, 5.74) is 5.95. The topological polar surface area (TPSA) is 106 Å². The quantitative estimate of drug-likeness (QED) is 0.434. The average Bonchev–Trinajstić information content (AvgIpc) is 3.19. The zero-order valence-corrected chi connectivity index (χ0v) is 14.4. The number of nitrogens with two attached hydrogens (primary N) is 1. The Bertz CT molecular complexity index is 591. The molecule has 1 aliphatic heterocycles. The lowest BCUT2D eigenvalue weighted by molar-refractivity contribution is 0.0674. The number of aromatic nitrogens is 3. The summed E-state index contributed by atoms with van der Waals surface area (Å²) in [6, 6.07) is 3.63.